The van der Waals surface area contributed by atoms with Gasteiger partial charge in [0.2, 0.25) is 5.13 Å². The number of benzene rings is 1. The summed E-state index contributed by atoms with van der Waals surface area (Å²) in [7, 11) is 0. The van der Waals surface area contributed by atoms with E-state index in [1.54, 1.807) is 19.1 Å². The number of rotatable bonds is 20. The van der Waals surface area contributed by atoms with Gasteiger partial charge in [-0.15, -0.1) is 15.3 Å². The molecular weight excluding hydrogens is 610 g/mol. The number of aliphatic hydroxyl groups excluding tert-OH is 2. The number of nitro groups is 2. The molecule has 3 rings (SSSR count). The normalized spacial score (nSPS) is 11.6. The zero-order chi connectivity index (χ0) is 31.0. The van der Waals surface area contributed by atoms with E-state index in [-0.39, 0.29) is 54.1 Å². The van der Waals surface area contributed by atoms with Crippen molar-refractivity contribution in [2.24, 2.45) is 20.5 Å². The number of thiazole rings is 2. The molecule has 0 saturated carbocycles. The van der Waals surface area contributed by atoms with Crippen molar-refractivity contribution in [3.63, 3.8) is 0 Å². The molecule has 18 nitrogen and oxygen atoms in total. The van der Waals surface area contributed by atoms with Crippen LogP contribution in [0.1, 0.15) is 5.56 Å². The van der Waals surface area contributed by atoms with Crippen molar-refractivity contribution in [2.45, 2.75) is 6.92 Å². The first-order chi connectivity index (χ1) is 20.8. The maximum Gasteiger partial charge on any atom is 0.377 e. The molecule has 0 bridgehead atoms. The summed E-state index contributed by atoms with van der Waals surface area (Å²) >= 11 is 1.72. The molecule has 43 heavy (non-hydrogen) atoms. The summed E-state index contributed by atoms with van der Waals surface area (Å²) in [5.41, 5.74) is 2.02. The van der Waals surface area contributed by atoms with Gasteiger partial charge in [0.15, 0.2) is 0 Å². The molecule has 2 aromatic heterocycles. The molecule has 2 N–H and O–H groups in total. The van der Waals surface area contributed by atoms with Crippen LogP contribution in [0.3, 0.4) is 0 Å². The van der Waals surface area contributed by atoms with Crippen molar-refractivity contribution < 1.29 is 34.3 Å². The fourth-order valence-corrected chi connectivity index (χ4v) is 4.47. The van der Waals surface area contributed by atoms with Crippen molar-refractivity contribution in [2.75, 3.05) is 70.8 Å². The first-order valence-corrected chi connectivity index (χ1v) is 14.4. The molecule has 3 aromatic rings. The molecule has 2 heterocycles. The van der Waals surface area contributed by atoms with Crippen LogP contribution in [-0.2, 0) is 14.2 Å². The highest BCUT2D eigenvalue weighted by atomic mass is 32.1. The van der Waals surface area contributed by atoms with Gasteiger partial charge < -0.3 is 39.4 Å². The van der Waals surface area contributed by atoms with Crippen LogP contribution in [0.5, 0.6) is 0 Å². The van der Waals surface area contributed by atoms with Crippen molar-refractivity contribution in [3.05, 3.63) is 49.5 Å². The van der Waals surface area contributed by atoms with Gasteiger partial charge >= 0.3 is 16.0 Å². The molecule has 0 aliphatic heterocycles. The number of hydrogen-bond acceptors (Lipinski definition) is 18. The van der Waals surface area contributed by atoms with Crippen LogP contribution in [0.2, 0.25) is 0 Å². The molecule has 0 saturated heterocycles. The Morgan fingerprint density at radius 2 is 1.49 bits per heavy atom. The molecule has 0 spiro atoms. The molecule has 1 aromatic carbocycles. The maximum absolute atomic E-state index is 11.1. The lowest BCUT2D eigenvalue weighted by molar-refractivity contribution is -0.389. The smallest absolute Gasteiger partial charge is 0.377 e. The number of aryl methyl sites for hydroxylation is 1. The van der Waals surface area contributed by atoms with Gasteiger partial charge in [0, 0.05) is 13.1 Å². The minimum Gasteiger partial charge on any atom is -0.394 e. The molecule has 0 fully saturated rings. The third-order valence-electron chi connectivity index (χ3n) is 5.30. The van der Waals surface area contributed by atoms with E-state index in [1.807, 2.05) is 4.90 Å². The first-order valence-electron chi connectivity index (χ1n) is 12.7. The molecule has 20 heteroatoms. The SMILES string of the molecule is Cc1cc(N(CCOCCO)CCOCCOCCO)c(/N=N/c2ncc([N+](=O)[O-])s2)cc1/N=N/c1nc([N+](=O)[O-])cs1. The Kier molecular flexibility index (Phi) is 14.0. The Morgan fingerprint density at radius 3 is 2.09 bits per heavy atom. The highest BCUT2D eigenvalue weighted by Crippen LogP contribution is 2.38. The van der Waals surface area contributed by atoms with E-state index in [2.05, 4.69) is 30.4 Å². The van der Waals surface area contributed by atoms with E-state index in [9.17, 15) is 20.2 Å². The monoisotopic (exact) mass is 639 g/mol. The summed E-state index contributed by atoms with van der Waals surface area (Å²) in [4.78, 5) is 30.5. The summed E-state index contributed by atoms with van der Waals surface area (Å²) in [6, 6.07) is 3.40. The third-order valence-corrected chi connectivity index (χ3v) is 6.85. The third kappa shape index (κ3) is 11.0. The minimum atomic E-state index is -0.623. The highest BCUT2D eigenvalue weighted by Gasteiger charge is 2.17. The lowest BCUT2D eigenvalue weighted by atomic mass is 10.1. The highest BCUT2D eigenvalue weighted by molar-refractivity contribution is 7.18. The number of ether oxygens (including phenoxy) is 3. The van der Waals surface area contributed by atoms with E-state index in [1.165, 1.54) is 5.38 Å². The number of aliphatic hydroxyl groups is 2. The Balaban J connectivity index is 1.91. The molecule has 0 radical (unpaired) electrons. The van der Waals surface area contributed by atoms with Crippen molar-refractivity contribution in [1.29, 1.82) is 0 Å². The van der Waals surface area contributed by atoms with Crippen LogP contribution in [0.4, 0.5) is 38.1 Å². The first kappa shape index (κ1) is 33.6. The van der Waals surface area contributed by atoms with Gasteiger partial charge in [0.25, 0.3) is 0 Å². The Morgan fingerprint density at radius 1 is 0.860 bits per heavy atom. The van der Waals surface area contributed by atoms with E-state index in [0.717, 1.165) is 28.9 Å². The predicted molar refractivity (Wildman–Crippen MR) is 156 cm³/mol. The summed E-state index contributed by atoms with van der Waals surface area (Å²) in [6.45, 7) is 3.98. The number of nitrogens with zero attached hydrogens (tertiary/aromatic N) is 9. The standard InChI is InChI=1S/C23H29N9O9S2/c1-16-12-19(30(2-6-39-8-4-33)3-7-40-10-11-41-9-5-34)18(27-28-22-24-14-21(43-22)32(37)38)13-17(16)26-29-23-25-20(15-42-23)31(35)36/h12-15,33-34H,2-11H2,1H3/b28-27+,29-26+. The average Bonchev–Trinajstić information content (AvgIpc) is 3.67. The van der Waals surface area contributed by atoms with E-state index >= 15 is 0 Å². The van der Waals surface area contributed by atoms with Crippen molar-refractivity contribution in [3.8, 4) is 0 Å². The van der Waals surface area contributed by atoms with Gasteiger partial charge in [0.05, 0.1) is 74.5 Å². The van der Waals surface area contributed by atoms with Crippen LogP contribution >= 0.6 is 22.7 Å². The second-order valence-electron chi connectivity index (χ2n) is 8.28. The summed E-state index contributed by atoms with van der Waals surface area (Å²) in [6.07, 6.45) is 1.09. The number of anilines is 1. The largest absolute Gasteiger partial charge is 0.394 e. The Labute approximate surface area is 252 Å². The lowest BCUT2D eigenvalue weighted by Crippen LogP contribution is -2.31. The Bertz CT molecular complexity index is 1400. The molecule has 0 aliphatic carbocycles. The number of aromatic nitrogens is 2. The summed E-state index contributed by atoms with van der Waals surface area (Å²) < 4.78 is 16.4. The van der Waals surface area contributed by atoms with Crippen molar-refractivity contribution in [1.82, 2.24) is 9.97 Å². The maximum atomic E-state index is 11.1. The number of azo groups is 2. The van der Waals surface area contributed by atoms with Gasteiger partial charge in [-0.25, -0.2) is 4.98 Å². The van der Waals surface area contributed by atoms with Crippen LogP contribution in [0.25, 0.3) is 0 Å². The topological polar surface area (TPSA) is 233 Å². The van der Waals surface area contributed by atoms with Gasteiger partial charge in [-0.2, -0.15) is 0 Å². The van der Waals surface area contributed by atoms with Gasteiger partial charge in [-0.3, -0.25) is 10.1 Å². The summed E-state index contributed by atoms with van der Waals surface area (Å²) in [5.74, 6) is -0.334. The van der Waals surface area contributed by atoms with E-state index in [0.29, 0.717) is 55.5 Å². The second-order valence-corrected chi connectivity index (χ2v) is 10.1. The van der Waals surface area contributed by atoms with Crippen LogP contribution in [0, 0.1) is 27.2 Å². The zero-order valence-corrected chi connectivity index (χ0v) is 24.6. The Hall–Kier alpha value is -3.92. The van der Waals surface area contributed by atoms with Crippen molar-refractivity contribution >= 4 is 60.8 Å². The van der Waals surface area contributed by atoms with Gasteiger partial charge in [-0.1, -0.05) is 16.5 Å². The molecule has 232 valence electrons. The average molecular weight is 640 g/mol. The summed E-state index contributed by atoms with van der Waals surface area (Å²) in [5, 5.41) is 57.8. The lowest BCUT2D eigenvalue weighted by Gasteiger charge is -2.26. The van der Waals surface area contributed by atoms with Crippen LogP contribution in [0.15, 0.2) is 44.2 Å². The van der Waals surface area contributed by atoms with Crippen LogP contribution < -0.4 is 4.90 Å². The molecular formula is C23H29N9O9S2. The molecule has 0 aliphatic rings. The van der Waals surface area contributed by atoms with Gasteiger partial charge in [0.1, 0.15) is 11.9 Å². The molecule has 0 atom stereocenters. The van der Waals surface area contributed by atoms with E-state index in [4.69, 9.17) is 24.4 Å². The second kappa shape index (κ2) is 17.9. The predicted octanol–water partition coefficient (Wildman–Crippen LogP) is 4.40. The zero-order valence-electron chi connectivity index (χ0n) is 23.0. The molecule has 0 amide bonds. The molecule has 0 unspecified atom stereocenters. The number of hydrogen-bond donors (Lipinski definition) is 2. The minimum absolute atomic E-state index is 0.0699. The fourth-order valence-electron chi connectivity index (χ4n) is 3.33. The fraction of sp³-hybridized carbons (Fsp3) is 0.478. The van der Waals surface area contributed by atoms with Crippen LogP contribution in [-0.4, -0.2) is 96.0 Å². The van der Waals surface area contributed by atoms with E-state index < -0.39 is 9.85 Å². The quantitative estimate of drug-likeness (QED) is 0.0758. The van der Waals surface area contributed by atoms with Gasteiger partial charge in [-0.05, 0) is 45.9 Å².